The quantitative estimate of drug-likeness (QED) is 0.183. The summed E-state index contributed by atoms with van der Waals surface area (Å²) in [6.07, 6.45) is 7.39. The van der Waals surface area contributed by atoms with Crippen LogP contribution >= 0.6 is 0 Å². The van der Waals surface area contributed by atoms with Crippen LogP contribution in [0.5, 0.6) is 0 Å². The average molecular weight is 582 g/mol. The van der Waals surface area contributed by atoms with Gasteiger partial charge in [0.2, 0.25) is 0 Å². The third-order valence-electron chi connectivity index (χ3n) is 8.39. The van der Waals surface area contributed by atoms with Gasteiger partial charge in [-0.2, -0.15) is 0 Å². The monoisotopic (exact) mass is 581 g/mol. The molecule has 1 atom stereocenters. The van der Waals surface area contributed by atoms with Crippen molar-refractivity contribution in [1.82, 2.24) is 19.5 Å². The Morgan fingerprint density at radius 3 is 1.91 bits per heavy atom. The molecule has 0 N–H and O–H groups in total. The standard InChI is InChI=1S/C39H27N5O/c45-43-34-17-9-7-15-31(34)29-21-24-36-33(25-29)32-16-8-10-18-35(32)44(36)30-22-19-28(20-23-30)39-41-37(26-11-3-1-4-12-26)40-38(42-39)27-13-5-2-6-14-27/h1-22,24-25,30H,23H2. The minimum Gasteiger partial charge on any atom is -0.333 e. The van der Waals surface area contributed by atoms with Gasteiger partial charge in [-0.05, 0) is 41.4 Å². The van der Waals surface area contributed by atoms with Gasteiger partial charge in [0, 0.05) is 44.1 Å². The molecule has 0 radical (unpaired) electrons. The van der Waals surface area contributed by atoms with E-state index in [-0.39, 0.29) is 6.04 Å². The molecule has 0 fully saturated rings. The van der Waals surface area contributed by atoms with Crippen LogP contribution in [0.4, 0.5) is 5.69 Å². The topological polar surface area (TPSA) is 73.0 Å². The molecule has 6 nitrogen and oxygen atoms in total. The van der Waals surface area contributed by atoms with Crippen molar-refractivity contribution in [3.8, 4) is 33.9 Å². The van der Waals surface area contributed by atoms with Gasteiger partial charge in [-0.25, -0.2) is 15.0 Å². The summed E-state index contributed by atoms with van der Waals surface area (Å²) in [5, 5.41) is 5.58. The van der Waals surface area contributed by atoms with Crippen LogP contribution in [0.1, 0.15) is 18.3 Å². The van der Waals surface area contributed by atoms with Crippen molar-refractivity contribution in [3.05, 3.63) is 156 Å². The van der Waals surface area contributed by atoms with Crippen molar-refractivity contribution < 1.29 is 0 Å². The minimum absolute atomic E-state index is 0.106. The normalized spacial score (nSPS) is 14.5. The zero-order valence-corrected chi connectivity index (χ0v) is 24.3. The number of nitroso groups, excluding NO2 is 1. The molecule has 0 bridgehead atoms. The summed E-state index contributed by atoms with van der Waals surface area (Å²) in [4.78, 5) is 26.2. The smallest absolute Gasteiger partial charge is 0.164 e. The second-order valence-electron chi connectivity index (χ2n) is 11.1. The summed E-state index contributed by atoms with van der Waals surface area (Å²) < 4.78 is 2.40. The first kappa shape index (κ1) is 26.6. The first-order valence-corrected chi connectivity index (χ1v) is 15.0. The van der Waals surface area contributed by atoms with E-state index in [1.54, 1.807) is 6.07 Å². The molecule has 2 heterocycles. The van der Waals surface area contributed by atoms with Crippen LogP contribution < -0.4 is 0 Å². The van der Waals surface area contributed by atoms with Crippen LogP contribution in [0.2, 0.25) is 0 Å². The Morgan fingerprint density at radius 1 is 0.600 bits per heavy atom. The number of nitrogens with zero attached hydrogens (tertiary/aromatic N) is 5. The minimum atomic E-state index is 0.106. The molecule has 0 amide bonds. The van der Waals surface area contributed by atoms with E-state index in [4.69, 9.17) is 15.0 Å². The molecular formula is C39H27N5O. The molecule has 5 aromatic carbocycles. The van der Waals surface area contributed by atoms with Gasteiger partial charge in [0.1, 0.15) is 5.69 Å². The molecule has 0 aliphatic heterocycles. The summed E-state index contributed by atoms with van der Waals surface area (Å²) in [5.74, 6) is 1.97. The first-order chi connectivity index (χ1) is 22.3. The van der Waals surface area contributed by atoms with Gasteiger partial charge < -0.3 is 4.57 Å². The van der Waals surface area contributed by atoms with E-state index in [9.17, 15) is 4.91 Å². The first-order valence-electron chi connectivity index (χ1n) is 15.0. The average Bonchev–Trinajstić information content (AvgIpc) is 3.46. The fraction of sp³-hybridized carbons (Fsp3) is 0.0513. The lowest BCUT2D eigenvalue weighted by Gasteiger charge is -2.20. The highest BCUT2D eigenvalue weighted by molar-refractivity contribution is 6.09. The van der Waals surface area contributed by atoms with Crippen molar-refractivity contribution in [1.29, 1.82) is 0 Å². The van der Waals surface area contributed by atoms with Crippen LogP contribution in [-0.2, 0) is 0 Å². The second-order valence-corrected chi connectivity index (χ2v) is 11.1. The van der Waals surface area contributed by atoms with Gasteiger partial charge >= 0.3 is 0 Å². The number of benzene rings is 5. The highest BCUT2D eigenvalue weighted by Crippen LogP contribution is 2.39. The number of hydrogen-bond acceptors (Lipinski definition) is 5. The number of fused-ring (bicyclic) bond motifs is 3. The van der Waals surface area contributed by atoms with Crippen LogP contribution in [-0.4, -0.2) is 19.5 Å². The molecule has 2 aromatic heterocycles. The molecule has 7 aromatic rings. The molecule has 6 heteroatoms. The van der Waals surface area contributed by atoms with Gasteiger partial charge in [-0.1, -0.05) is 121 Å². The van der Waals surface area contributed by atoms with Gasteiger partial charge in [0.25, 0.3) is 0 Å². The second kappa shape index (κ2) is 11.2. The van der Waals surface area contributed by atoms with E-state index < -0.39 is 0 Å². The van der Waals surface area contributed by atoms with Gasteiger partial charge in [-0.3, -0.25) is 0 Å². The molecule has 45 heavy (non-hydrogen) atoms. The van der Waals surface area contributed by atoms with Crippen molar-refractivity contribution in [2.75, 3.05) is 0 Å². The maximum Gasteiger partial charge on any atom is 0.164 e. The lowest BCUT2D eigenvalue weighted by Crippen LogP contribution is -2.09. The van der Waals surface area contributed by atoms with E-state index in [2.05, 4.69) is 70.4 Å². The Bertz CT molecular complexity index is 2210. The lowest BCUT2D eigenvalue weighted by atomic mass is 10.0. The number of rotatable bonds is 6. The van der Waals surface area contributed by atoms with Gasteiger partial charge in [-0.15, -0.1) is 4.91 Å². The number of para-hydroxylation sites is 1. The summed E-state index contributed by atoms with van der Waals surface area (Å²) in [6.45, 7) is 0. The van der Waals surface area contributed by atoms with E-state index in [0.717, 1.165) is 50.7 Å². The molecule has 0 spiro atoms. The molecule has 0 saturated heterocycles. The SMILES string of the molecule is O=Nc1ccccc1-c1ccc2c(c1)c1ccccc1n2C1C=CC(c2nc(-c3ccccc3)nc(-c3ccccc3)n2)=CC1. The van der Waals surface area contributed by atoms with E-state index in [0.29, 0.717) is 23.2 Å². The van der Waals surface area contributed by atoms with E-state index in [1.807, 2.05) is 78.9 Å². The van der Waals surface area contributed by atoms with Crippen LogP contribution in [0, 0.1) is 4.91 Å². The van der Waals surface area contributed by atoms with Crippen molar-refractivity contribution in [2.24, 2.45) is 5.18 Å². The van der Waals surface area contributed by atoms with Crippen molar-refractivity contribution >= 4 is 33.1 Å². The number of aromatic nitrogens is 4. The molecule has 1 unspecified atom stereocenters. The van der Waals surface area contributed by atoms with Crippen molar-refractivity contribution in [3.63, 3.8) is 0 Å². The van der Waals surface area contributed by atoms with Gasteiger partial charge in [0.15, 0.2) is 17.5 Å². The van der Waals surface area contributed by atoms with Crippen LogP contribution in [0.3, 0.4) is 0 Å². The third-order valence-corrected chi connectivity index (χ3v) is 8.39. The maximum atomic E-state index is 11.5. The molecule has 1 aliphatic carbocycles. The Hall–Kier alpha value is -6.01. The molecule has 1 aliphatic rings. The Labute approximate surface area is 260 Å². The fourth-order valence-corrected chi connectivity index (χ4v) is 6.23. The highest BCUT2D eigenvalue weighted by Gasteiger charge is 2.21. The summed E-state index contributed by atoms with van der Waals surface area (Å²) in [5.41, 5.74) is 7.43. The summed E-state index contributed by atoms with van der Waals surface area (Å²) in [6, 6.07) is 42.6. The fourth-order valence-electron chi connectivity index (χ4n) is 6.23. The van der Waals surface area contributed by atoms with E-state index in [1.165, 1.54) is 5.39 Å². The number of hydrogen-bond donors (Lipinski definition) is 0. The predicted octanol–water partition coefficient (Wildman–Crippen LogP) is 9.96. The largest absolute Gasteiger partial charge is 0.333 e. The summed E-state index contributed by atoms with van der Waals surface area (Å²) in [7, 11) is 0. The Balaban J connectivity index is 1.19. The summed E-state index contributed by atoms with van der Waals surface area (Å²) >= 11 is 0. The lowest BCUT2D eigenvalue weighted by molar-refractivity contribution is 0.649. The zero-order valence-electron chi connectivity index (χ0n) is 24.3. The molecule has 214 valence electrons. The molecule has 8 rings (SSSR count). The van der Waals surface area contributed by atoms with E-state index >= 15 is 0 Å². The van der Waals surface area contributed by atoms with Crippen LogP contribution in [0.25, 0.3) is 61.3 Å². The zero-order chi connectivity index (χ0) is 30.2. The van der Waals surface area contributed by atoms with Crippen LogP contribution in [0.15, 0.2) is 151 Å². The molecular weight excluding hydrogens is 554 g/mol. The van der Waals surface area contributed by atoms with Crippen molar-refractivity contribution in [2.45, 2.75) is 12.5 Å². The predicted molar refractivity (Wildman–Crippen MR) is 182 cm³/mol. The number of allylic oxidation sites excluding steroid dienone is 4. The maximum absolute atomic E-state index is 11.5. The highest BCUT2D eigenvalue weighted by atomic mass is 16.3. The third kappa shape index (κ3) is 4.82. The Morgan fingerprint density at radius 2 is 1.22 bits per heavy atom. The molecule has 0 saturated carbocycles. The van der Waals surface area contributed by atoms with Gasteiger partial charge in [0.05, 0.1) is 6.04 Å². The Kier molecular flexibility index (Phi) is 6.65.